The maximum absolute atomic E-state index is 13.6. The SMILES string of the molecule is Nc1nc(-c2ccc(CF)o2)nc2sc(CN3CCCC(F)(F)C3)cc12. The normalized spacial score (nSPS) is 17.8. The number of nitrogen functional groups attached to an aromatic ring is 1. The van der Waals surface area contributed by atoms with Gasteiger partial charge >= 0.3 is 0 Å². The Kier molecular flexibility index (Phi) is 4.36. The molecule has 0 radical (unpaired) electrons. The van der Waals surface area contributed by atoms with Gasteiger partial charge in [-0.3, -0.25) is 4.90 Å². The minimum absolute atomic E-state index is 0.0539. The Hall–Kier alpha value is -2.13. The van der Waals surface area contributed by atoms with Gasteiger partial charge in [-0.05, 0) is 31.2 Å². The lowest BCUT2D eigenvalue weighted by molar-refractivity contribution is -0.0658. The predicted octanol–water partition coefficient (Wildman–Crippen LogP) is 4.23. The minimum Gasteiger partial charge on any atom is -0.455 e. The summed E-state index contributed by atoms with van der Waals surface area (Å²) in [5, 5.41) is 0.690. The van der Waals surface area contributed by atoms with E-state index in [0.717, 1.165) is 4.88 Å². The minimum atomic E-state index is -2.63. The van der Waals surface area contributed by atoms with Crippen LogP contribution in [0.25, 0.3) is 21.8 Å². The van der Waals surface area contributed by atoms with E-state index in [0.29, 0.717) is 35.5 Å². The van der Waals surface area contributed by atoms with Gasteiger partial charge in [0.25, 0.3) is 5.92 Å². The molecule has 0 unspecified atom stereocenters. The van der Waals surface area contributed by atoms with Crippen molar-refractivity contribution in [3.05, 3.63) is 28.8 Å². The van der Waals surface area contributed by atoms with Crippen LogP contribution >= 0.6 is 11.3 Å². The van der Waals surface area contributed by atoms with Crippen LogP contribution in [0.15, 0.2) is 22.6 Å². The number of hydrogen-bond donors (Lipinski definition) is 1. The van der Waals surface area contributed by atoms with Crippen molar-refractivity contribution in [2.45, 2.75) is 32.0 Å². The monoisotopic (exact) mass is 382 g/mol. The summed E-state index contributed by atoms with van der Waals surface area (Å²) in [6.07, 6.45) is 0.432. The number of halogens is 3. The van der Waals surface area contributed by atoms with E-state index in [9.17, 15) is 13.2 Å². The van der Waals surface area contributed by atoms with Crippen molar-refractivity contribution >= 4 is 27.4 Å². The molecule has 3 aromatic heterocycles. The fourth-order valence-electron chi connectivity index (χ4n) is 3.15. The van der Waals surface area contributed by atoms with E-state index in [-0.39, 0.29) is 30.4 Å². The first kappa shape index (κ1) is 17.3. The Morgan fingerprint density at radius 2 is 2.15 bits per heavy atom. The summed E-state index contributed by atoms with van der Waals surface area (Å²) < 4.78 is 45.1. The number of anilines is 1. The summed E-state index contributed by atoms with van der Waals surface area (Å²) in [6.45, 7) is 0.139. The Morgan fingerprint density at radius 3 is 2.88 bits per heavy atom. The molecule has 2 N–H and O–H groups in total. The quantitative estimate of drug-likeness (QED) is 0.731. The molecule has 0 saturated carbocycles. The van der Waals surface area contributed by atoms with Crippen molar-refractivity contribution in [1.29, 1.82) is 0 Å². The summed E-state index contributed by atoms with van der Waals surface area (Å²) in [6, 6.07) is 4.97. The van der Waals surface area contributed by atoms with Crippen LogP contribution in [-0.2, 0) is 13.2 Å². The van der Waals surface area contributed by atoms with Gasteiger partial charge in [0.05, 0.1) is 11.9 Å². The summed E-state index contributed by atoms with van der Waals surface area (Å²) >= 11 is 1.39. The highest BCUT2D eigenvalue weighted by molar-refractivity contribution is 7.18. The van der Waals surface area contributed by atoms with Crippen LogP contribution in [0.5, 0.6) is 0 Å². The summed E-state index contributed by atoms with van der Waals surface area (Å²) in [4.78, 5) is 12.0. The number of nitrogens with zero attached hydrogens (tertiary/aromatic N) is 3. The van der Waals surface area contributed by atoms with Crippen molar-refractivity contribution in [2.24, 2.45) is 0 Å². The van der Waals surface area contributed by atoms with Crippen molar-refractivity contribution in [2.75, 3.05) is 18.8 Å². The molecule has 0 aliphatic carbocycles. The van der Waals surface area contributed by atoms with Gasteiger partial charge in [0.2, 0.25) is 0 Å². The van der Waals surface area contributed by atoms with E-state index in [1.54, 1.807) is 11.0 Å². The highest BCUT2D eigenvalue weighted by Gasteiger charge is 2.35. The fourth-order valence-corrected chi connectivity index (χ4v) is 4.23. The van der Waals surface area contributed by atoms with Crippen LogP contribution in [0.1, 0.15) is 23.5 Å². The smallest absolute Gasteiger partial charge is 0.260 e. The maximum atomic E-state index is 13.6. The number of aromatic nitrogens is 2. The summed E-state index contributed by atoms with van der Waals surface area (Å²) in [7, 11) is 0. The zero-order valence-corrected chi connectivity index (χ0v) is 14.7. The van der Waals surface area contributed by atoms with E-state index in [1.165, 1.54) is 17.4 Å². The summed E-state index contributed by atoms with van der Waals surface area (Å²) in [5.74, 6) is -1.52. The van der Waals surface area contributed by atoms with E-state index < -0.39 is 12.6 Å². The van der Waals surface area contributed by atoms with Crippen molar-refractivity contribution < 1.29 is 17.6 Å². The number of likely N-dealkylation sites (tertiary alicyclic amines) is 1. The molecule has 0 atom stereocenters. The van der Waals surface area contributed by atoms with Crippen LogP contribution < -0.4 is 5.73 Å². The van der Waals surface area contributed by atoms with E-state index in [2.05, 4.69) is 9.97 Å². The first-order valence-corrected chi connectivity index (χ1v) is 9.06. The molecule has 9 heteroatoms. The molecule has 1 aliphatic rings. The van der Waals surface area contributed by atoms with E-state index in [4.69, 9.17) is 10.2 Å². The highest BCUT2D eigenvalue weighted by atomic mass is 32.1. The first-order chi connectivity index (χ1) is 12.4. The Balaban J connectivity index is 1.61. The number of rotatable bonds is 4. The molecule has 0 amide bonds. The molecule has 4 rings (SSSR count). The number of furan rings is 1. The lowest BCUT2D eigenvalue weighted by Gasteiger charge is -2.31. The second-order valence-electron chi connectivity index (χ2n) is 6.43. The molecule has 0 bridgehead atoms. The first-order valence-electron chi connectivity index (χ1n) is 8.25. The Labute approximate surface area is 151 Å². The Bertz CT molecular complexity index is 939. The molecule has 138 valence electrons. The molecule has 26 heavy (non-hydrogen) atoms. The van der Waals surface area contributed by atoms with E-state index >= 15 is 0 Å². The third kappa shape index (κ3) is 3.41. The second kappa shape index (κ2) is 6.55. The molecule has 3 aromatic rings. The van der Waals surface area contributed by atoms with Gasteiger partial charge in [-0.25, -0.2) is 23.1 Å². The van der Waals surface area contributed by atoms with Crippen LogP contribution in [0, 0.1) is 0 Å². The van der Waals surface area contributed by atoms with Gasteiger partial charge in [-0.2, -0.15) is 0 Å². The largest absolute Gasteiger partial charge is 0.455 e. The molecular formula is C17H17F3N4OS. The number of thiophene rings is 1. The van der Waals surface area contributed by atoms with Crippen LogP contribution in [0.2, 0.25) is 0 Å². The molecule has 0 aromatic carbocycles. The zero-order valence-electron chi connectivity index (χ0n) is 13.8. The molecule has 5 nitrogen and oxygen atoms in total. The molecule has 0 spiro atoms. The molecule has 1 fully saturated rings. The maximum Gasteiger partial charge on any atom is 0.260 e. The number of hydrogen-bond acceptors (Lipinski definition) is 6. The third-order valence-electron chi connectivity index (χ3n) is 4.34. The Morgan fingerprint density at radius 1 is 1.31 bits per heavy atom. The summed E-state index contributed by atoms with van der Waals surface area (Å²) in [5.41, 5.74) is 6.03. The average molecular weight is 382 g/mol. The topological polar surface area (TPSA) is 68.2 Å². The fraction of sp³-hybridized carbons (Fsp3) is 0.412. The highest BCUT2D eigenvalue weighted by Crippen LogP contribution is 2.33. The van der Waals surface area contributed by atoms with Crippen LogP contribution in [-0.4, -0.2) is 33.9 Å². The van der Waals surface area contributed by atoms with Gasteiger partial charge in [0, 0.05) is 17.8 Å². The van der Waals surface area contributed by atoms with Gasteiger partial charge in [-0.15, -0.1) is 11.3 Å². The average Bonchev–Trinajstić information content (AvgIpc) is 3.20. The van der Waals surface area contributed by atoms with Crippen LogP contribution in [0.4, 0.5) is 19.0 Å². The van der Waals surface area contributed by atoms with Gasteiger partial charge in [-0.1, -0.05) is 0 Å². The second-order valence-corrected chi connectivity index (χ2v) is 7.55. The third-order valence-corrected chi connectivity index (χ3v) is 5.35. The van der Waals surface area contributed by atoms with Gasteiger partial charge in [0.15, 0.2) is 11.6 Å². The lowest BCUT2D eigenvalue weighted by Crippen LogP contribution is -2.41. The van der Waals surface area contributed by atoms with Crippen molar-refractivity contribution in [3.63, 3.8) is 0 Å². The molecule has 1 saturated heterocycles. The number of alkyl halides is 3. The van der Waals surface area contributed by atoms with Gasteiger partial charge in [0.1, 0.15) is 23.1 Å². The van der Waals surface area contributed by atoms with Crippen LogP contribution in [0.3, 0.4) is 0 Å². The lowest BCUT2D eigenvalue weighted by atomic mass is 10.1. The molecule has 1 aliphatic heterocycles. The number of fused-ring (bicyclic) bond motifs is 1. The van der Waals surface area contributed by atoms with E-state index in [1.807, 2.05) is 6.07 Å². The van der Waals surface area contributed by atoms with Crippen molar-refractivity contribution in [1.82, 2.24) is 14.9 Å². The number of piperidine rings is 1. The standard InChI is InChI=1S/C17H17F3N4OS/c18-7-10-2-3-13(25-10)15-22-14(21)12-6-11(26-16(12)23-15)8-24-5-1-4-17(19,20)9-24/h2-3,6H,1,4-5,7-9H2,(H2,21,22,23). The molecule has 4 heterocycles. The number of nitrogens with two attached hydrogens (primary N) is 1. The zero-order chi connectivity index (χ0) is 18.3. The predicted molar refractivity (Wildman–Crippen MR) is 93.8 cm³/mol. The molecular weight excluding hydrogens is 365 g/mol. The van der Waals surface area contributed by atoms with Gasteiger partial charge < -0.3 is 10.2 Å². The van der Waals surface area contributed by atoms with Crippen molar-refractivity contribution in [3.8, 4) is 11.6 Å².